The van der Waals surface area contributed by atoms with Crippen molar-refractivity contribution in [2.24, 2.45) is 28.6 Å². The molecule has 4 aliphatic rings. The predicted octanol–water partition coefficient (Wildman–Crippen LogP) is 3.66. The lowest BCUT2D eigenvalue weighted by Gasteiger charge is -2.62. The molecule has 1 aromatic rings. The highest BCUT2D eigenvalue weighted by molar-refractivity contribution is 6.01. The number of hydrogen-bond acceptors (Lipinski definition) is 7. The van der Waals surface area contributed by atoms with Gasteiger partial charge in [0.2, 0.25) is 5.78 Å². The SMILES string of the molecule is C[C@@H]1CC2C3CCC4=CC(=O)C=C[C@]4(C)[C@@]3(F)[C@@H](O)C[C@]2(C)[C@@]1(O)C(=O)COC(=O)CCc1ccccc1N. The number of nitrogens with two attached hydrogens (primary N) is 1. The van der Waals surface area contributed by atoms with E-state index in [0.29, 0.717) is 36.9 Å². The largest absolute Gasteiger partial charge is 0.458 e. The second-order valence-corrected chi connectivity index (χ2v) is 12.5. The summed E-state index contributed by atoms with van der Waals surface area (Å²) in [6.45, 7) is 4.67. The summed E-state index contributed by atoms with van der Waals surface area (Å²) in [5.74, 6) is -2.91. The molecule has 8 atom stereocenters. The van der Waals surface area contributed by atoms with E-state index in [9.17, 15) is 24.6 Å². The maximum absolute atomic E-state index is 17.3. The Morgan fingerprint density at radius 2 is 1.92 bits per heavy atom. The lowest BCUT2D eigenvalue weighted by atomic mass is 9.44. The number of carbonyl (C=O) groups is 3. The molecule has 4 aliphatic carbocycles. The van der Waals surface area contributed by atoms with Crippen LogP contribution in [0.15, 0.2) is 48.1 Å². The molecule has 7 nitrogen and oxygen atoms in total. The van der Waals surface area contributed by atoms with Gasteiger partial charge in [-0.3, -0.25) is 14.4 Å². The zero-order valence-corrected chi connectivity index (χ0v) is 22.8. The molecule has 2 unspecified atom stereocenters. The quantitative estimate of drug-likeness (QED) is 0.372. The molecule has 3 saturated carbocycles. The topological polar surface area (TPSA) is 127 Å². The first-order chi connectivity index (χ1) is 18.3. The van der Waals surface area contributed by atoms with Crippen molar-refractivity contribution in [3.8, 4) is 0 Å². The Labute approximate surface area is 228 Å². The minimum absolute atomic E-state index is 0.0327. The van der Waals surface area contributed by atoms with Crippen LogP contribution in [0.1, 0.15) is 58.4 Å². The zero-order valence-electron chi connectivity index (χ0n) is 22.8. The monoisotopic (exact) mass is 539 g/mol. The molecular formula is C31H38FNO6. The number of carbonyl (C=O) groups excluding carboxylic acids is 3. The predicted molar refractivity (Wildman–Crippen MR) is 143 cm³/mol. The number of anilines is 1. The van der Waals surface area contributed by atoms with Crippen molar-refractivity contribution in [1.29, 1.82) is 0 Å². The second-order valence-electron chi connectivity index (χ2n) is 12.5. The number of benzene rings is 1. The number of aryl methyl sites for hydroxylation is 1. The highest BCUT2D eigenvalue weighted by Crippen LogP contribution is 2.70. The van der Waals surface area contributed by atoms with Crippen LogP contribution in [0.2, 0.25) is 0 Å². The van der Waals surface area contributed by atoms with Gasteiger partial charge < -0.3 is 20.7 Å². The van der Waals surface area contributed by atoms with Gasteiger partial charge in [-0.15, -0.1) is 0 Å². The normalized spacial score (nSPS) is 40.8. The third-order valence-electron chi connectivity index (χ3n) is 10.7. The van der Waals surface area contributed by atoms with Crippen LogP contribution in [-0.2, 0) is 25.5 Å². The molecule has 1 aromatic carbocycles. The number of ether oxygens (including phenoxy) is 1. The summed E-state index contributed by atoms with van der Waals surface area (Å²) in [7, 11) is 0. The molecule has 39 heavy (non-hydrogen) atoms. The molecule has 0 saturated heterocycles. The van der Waals surface area contributed by atoms with Gasteiger partial charge in [0, 0.05) is 28.9 Å². The Balaban J connectivity index is 1.34. The van der Waals surface area contributed by atoms with E-state index in [0.717, 1.165) is 5.56 Å². The maximum atomic E-state index is 17.3. The fourth-order valence-electron chi connectivity index (χ4n) is 8.47. The summed E-state index contributed by atoms with van der Waals surface area (Å²) >= 11 is 0. The number of aliphatic hydroxyl groups is 2. The Bertz CT molecular complexity index is 1280. The summed E-state index contributed by atoms with van der Waals surface area (Å²) in [5, 5.41) is 23.4. The van der Waals surface area contributed by atoms with Gasteiger partial charge in [-0.2, -0.15) is 0 Å². The molecule has 0 bridgehead atoms. The number of nitrogen functional groups attached to an aromatic ring is 1. The fraction of sp³-hybridized carbons (Fsp3) is 0.581. The van der Waals surface area contributed by atoms with Crippen molar-refractivity contribution in [3.05, 3.63) is 53.6 Å². The van der Waals surface area contributed by atoms with Gasteiger partial charge in [0.05, 0.1) is 6.10 Å². The van der Waals surface area contributed by atoms with Crippen molar-refractivity contribution in [1.82, 2.24) is 0 Å². The number of allylic oxidation sites excluding steroid dienone is 4. The number of hydrogen-bond donors (Lipinski definition) is 3. The van der Waals surface area contributed by atoms with Gasteiger partial charge in [0.15, 0.2) is 18.1 Å². The standard InChI is InChI=1S/C31H38FNO6/c1-18-14-23-22-10-9-20-15-21(34)12-13-28(20,2)30(22,32)25(35)16-29(23,3)31(18,38)26(36)17-39-27(37)11-8-19-6-4-5-7-24(19)33/h4-7,12-13,15,18,22-23,25,35,38H,8-11,14,16-17,33H2,1-3H3/t18-,22?,23?,25+,28+,29+,30+,31+/m1/s1. The molecule has 0 radical (unpaired) electrons. The number of halogens is 1. The third-order valence-corrected chi connectivity index (χ3v) is 10.7. The minimum Gasteiger partial charge on any atom is -0.458 e. The molecule has 210 valence electrons. The first-order valence-electron chi connectivity index (χ1n) is 13.8. The lowest BCUT2D eigenvalue weighted by Crippen LogP contribution is -2.69. The molecule has 0 spiro atoms. The maximum Gasteiger partial charge on any atom is 0.306 e. The summed E-state index contributed by atoms with van der Waals surface area (Å²) < 4.78 is 22.5. The van der Waals surface area contributed by atoms with E-state index < -0.39 is 58.4 Å². The number of ketones is 2. The number of alkyl halides is 1. The van der Waals surface area contributed by atoms with Crippen LogP contribution >= 0.6 is 0 Å². The van der Waals surface area contributed by atoms with Crippen LogP contribution in [0.4, 0.5) is 10.1 Å². The third kappa shape index (κ3) is 3.85. The Morgan fingerprint density at radius 1 is 1.21 bits per heavy atom. The molecule has 4 N–H and O–H groups in total. The zero-order chi connectivity index (χ0) is 28.4. The highest BCUT2D eigenvalue weighted by atomic mass is 19.1. The van der Waals surface area contributed by atoms with Crippen molar-refractivity contribution in [3.63, 3.8) is 0 Å². The van der Waals surface area contributed by atoms with Crippen molar-refractivity contribution < 1.29 is 33.7 Å². The van der Waals surface area contributed by atoms with E-state index in [1.165, 1.54) is 12.2 Å². The van der Waals surface area contributed by atoms with Crippen molar-refractivity contribution in [2.75, 3.05) is 12.3 Å². The van der Waals surface area contributed by atoms with Gasteiger partial charge in [0.25, 0.3) is 0 Å². The van der Waals surface area contributed by atoms with Gasteiger partial charge >= 0.3 is 5.97 Å². The smallest absolute Gasteiger partial charge is 0.306 e. The van der Waals surface area contributed by atoms with E-state index in [1.807, 2.05) is 12.1 Å². The van der Waals surface area contributed by atoms with Gasteiger partial charge in [-0.1, -0.05) is 43.7 Å². The molecule has 5 rings (SSSR count). The average Bonchev–Trinajstić information content (AvgIpc) is 3.09. The number of fused-ring (bicyclic) bond motifs is 5. The lowest BCUT2D eigenvalue weighted by molar-refractivity contribution is -0.220. The van der Waals surface area contributed by atoms with Crippen LogP contribution in [0.25, 0.3) is 0 Å². The number of para-hydroxylation sites is 1. The van der Waals surface area contributed by atoms with Crippen LogP contribution in [0.3, 0.4) is 0 Å². The summed E-state index contributed by atoms with van der Waals surface area (Å²) in [5.41, 5.74) is 1.80. The molecule has 0 aliphatic heterocycles. The van der Waals surface area contributed by atoms with Gasteiger partial charge in [-0.25, -0.2) is 4.39 Å². The Kier molecular flexibility index (Phi) is 6.66. The first-order valence-corrected chi connectivity index (χ1v) is 13.8. The van der Waals surface area contributed by atoms with E-state index in [1.54, 1.807) is 39.0 Å². The van der Waals surface area contributed by atoms with Gasteiger partial charge in [-0.05, 0) is 74.6 Å². The van der Waals surface area contributed by atoms with Crippen molar-refractivity contribution in [2.45, 2.75) is 76.7 Å². The minimum atomic E-state index is -2.04. The van der Waals surface area contributed by atoms with Crippen LogP contribution in [-0.4, -0.2) is 51.7 Å². The first kappa shape index (κ1) is 27.7. The van der Waals surface area contributed by atoms with Crippen LogP contribution < -0.4 is 5.73 Å². The molecule has 3 fully saturated rings. The highest BCUT2D eigenvalue weighted by Gasteiger charge is 2.75. The summed E-state index contributed by atoms with van der Waals surface area (Å²) in [6, 6.07) is 7.20. The summed E-state index contributed by atoms with van der Waals surface area (Å²) in [6.07, 6.45) is 4.56. The molecule has 8 heteroatoms. The molecule has 0 aromatic heterocycles. The van der Waals surface area contributed by atoms with E-state index in [4.69, 9.17) is 10.5 Å². The molecular weight excluding hydrogens is 501 g/mol. The Morgan fingerprint density at radius 3 is 2.64 bits per heavy atom. The van der Waals surface area contributed by atoms with Crippen molar-refractivity contribution >= 4 is 23.2 Å². The van der Waals surface area contributed by atoms with Gasteiger partial charge in [0.1, 0.15) is 5.60 Å². The van der Waals surface area contributed by atoms with Crippen LogP contribution in [0.5, 0.6) is 0 Å². The molecule has 0 heterocycles. The van der Waals surface area contributed by atoms with E-state index in [2.05, 4.69) is 0 Å². The van der Waals surface area contributed by atoms with E-state index >= 15 is 4.39 Å². The Hall–Kier alpha value is -2.84. The van der Waals surface area contributed by atoms with Crippen LogP contribution in [0, 0.1) is 28.6 Å². The summed E-state index contributed by atoms with van der Waals surface area (Å²) in [4.78, 5) is 38.0. The molecule has 0 amide bonds. The van der Waals surface area contributed by atoms with E-state index in [-0.39, 0.29) is 24.5 Å². The second kappa shape index (κ2) is 9.37. The number of esters is 1. The number of rotatable bonds is 6. The average molecular weight is 540 g/mol. The fourth-order valence-corrected chi connectivity index (χ4v) is 8.47. The number of aliphatic hydroxyl groups excluding tert-OH is 1. The number of Topliss-reactive ketones (excluding diaryl/α,β-unsaturated/α-hetero) is 1.